The summed E-state index contributed by atoms with van der Waals surface area (Å²) in [6.07, 6.45) is 0. The fourth-order valence-corrected chi connectivity index (χ4v) is 1.84. The van der Waals surface area contributed by atoms with Gasteiger partial charge in [-0.2, -0.15) is 0 Å². The summed E-state index contributed by atoms with van der Waals surface area (Å²) >= 11 is 0. The van der Waals surface area contributed by atoms with Crippen LogP contribution in [0.4, 0.5) is 11.5 Å². The molecule has 0 unspecified atom stereocenters. The maximum atomic E-state index is 12.2. The van der Waals surface area contributed by atoms with Crippen LogP contribution in [0.25, 0.3) is 11.3 Å². The molecule has 1 amide bonds. The number of carbonyl (C=O) groups excluding carboxylic acids is 1. The van der Waals surface area contributed by atoms with Crippen molar-refractivity contribution in [1.82, 2.24) is 10.2 Å². The largest absolute Gasteiger partial charge is 0.325 e. The van der Waals surface area contributed by atoms with Gasteiger partial charge in [0.05, 0.1) is 11.4 Å². The Kier molecular flexibility index (Phi) is 4.42. The van der Waals surface area contributed by atoms with Crippen LogP contribution in [0.2, 0.25) is 0 Å². The molecular weight excluding hydrogens is 278 g/mol. The van der Waals surface area contributed by atoms with E-state index in [9.17, 15) is 4.79 Å². The number of nitrogens with zero attached hydrogens (tertiary/aromatic N) is 2. The summed E-state index contributed by atoms with van der Waals surface area (Å²) in [5.74, 6) is 5.73. The van der Waals surface area contributed by atoms with E-state index in [0.29, 0.717) is 17.2 Å². The molecule has 2 rings (SSSR count). The standard InChI is InChI=1S/C16H21N5O/c1-10-5-6-12(18-15(22)16(2,3)4)11(9-10)13-7-8-14(19-17)21-20-13/h5-9H,17H2,1-4H3,(H,18,22)(H,19,21). The molecule has 0 fully saturated rings. The van der Waals surface area contributed by atoms with Crippen molar-refractivity contribution in [2.75, 3.05) is 10.7 Å². The summed E-state index contributed by atoms with van der Waals surface area (Å²) in [6.45, 7) is 7.61. The Balaban J connectivity index is 2.41. The van der Waals surface area contributed by atoms with Crippen molar-refractivity contribution in [1.29, 1.82) is 0 Å². The van der Waals surface area contributed by atoms with Crippen LogP contribution < -0.4 is 16.6 Å². The van der Waals surface area contributed by atoms with Gasteiger partial charge in [-0.1, -0.05) is 32.4 Å². The summed E-state index contributed by atoms with van der Waals surface area (Å²) in [5.41, 5.74) is 5.26. The normalized spacial score (nSPS) is 11.1. The van der Waals surface area contributed by atoms with Gasteiger partial charge in [-0.25, -0.2) is 5.84 Å². The number of amides is 1. The summed E-state index contributed by atoms with van der Waals surface area (Å²) in [5, 5.41) is 11.1. The average Bonchev–Trinajstić information content (AvgIpc) is 2.48. The monoisotopic (exact) mass is 299 g/mol. The van der Waals surface area contributed by atoms with Crippen molar-refractivity contribution in [3.05, 3.63) is 35.9 Å². The maximum absolute atomic E-state index is 12.2. The molecule has 6 nitrogen and oxygen atoms in total. The predicted molar refractivity (Wildman–Crippen MR) is 88.1 cm³/mol. The van der Waals surface area contributed by atoms with E-state index in [1.54, 1.807) is 6.07 Å². The Hall–Kier alpha value is -2.47. The van der Waals surface area contributed by atoms with Crippen molar-refractivity contribution in [3.63, 3.8) is 0 Å². The van der Waals surface area contributed by atoms with E-state index in [4.69, 9.17) is 5.84 Å². The highest BCUT2D eigenvalue weighted by atomic mass is 16.2. The van der Waals surface area contributed by atoms with Crippen LogP contribution in [0.15, 0.2) is 30.3 Å². The first-order valence-electron chi connectivity index (χ1n) is 7.04. The van der Waals surface area contributed by atoms with Crippen LogP contribution in [-0.2, 0) is 4.79 Å². The fourth-order valence-electron chi connectivity index (χ4n) is 1.84. The van der Waals surface area contributed by atoms with Gasteiger partial charge in [-0.05, 0) is 31.2 Å². The zero-order valence-electron chi connectivity index (χ0n) is 13.3. The predicted octanol–water partition coefficient (Wildman–Crippen LogP) is 2.72. The number of aryl methyl sites for hydroxylation is 1. The lowest BCUT2D eigenvalue weighted by Gasteiger charge is -2.19. The van der Waals surface area contributed by atoms with Crippen LogP contribution in [0.5, 0.6) is 0 Å². The lowest BCUT2D eigenvalue weighted by molar-refractivity contribution is -0.123. The number of hydrazine groups is 1. The van der Waals surface area contributed by atoms with Crippen molar-refractivity contribution < 1.29 is 4.79 Å². The molecule has 0 aliphatic rings. The Morgan fingerprint density at radius 2 is 1.86 bits per heavy atom. The lowest BCUT2D eigenvalue weighted by atomic mass is 9.95. The third-order valence-corrected chi connectivity index (χ3v) is 3.19. The number of benzene rings is 1. The topological polar surface area (TPSA) is 92.9 Å². The van der Waals surface area contributed by atoms with Gasteiger partial charge in [0.2, 0.25) is 5.91 Å². The van der Waals surface area contributed by atoms with E-state index in [1.165, 1.54) is 0 Å². The molecule has 0 aliphatic heterocycles. The minimum atomic E-state index is -0.471. The summed E-state index contributed by atoms with van der Waals surface area (Å²) in [4.78, 5) is 12.2. The number of nitrogens with two attached hydrogens (primary N) is 1. The van der Waals surface area contributed by atoms with Gasteiger partial charge < -0.3 is 10.7 Å². The van der Waals surface area contributed by atoms with Crippen LogP contribution in [-0.4, -0.2) is 16.1 Å². The van der Waals surface area contributed by atoms with Gasteiger partial charge in [-0.3, -0.25) is 4.79 Å². The van der Waals surface area contributed by atoms with Gasteiger partial charge >= 0.3 is 0 Å². The molecular formula is C16H21N5O. The lowest BCUT2D eigenvalue weighted by Crippen LogP contribution is -2.27. The number of carbonyl (C=O) groups is 1. The summed E-state index contributed by atoms with van der Waals surface area (Å²) < 4.78 is 0. The van der Waals surface area contributed by atoms with E-state index in [0.717, 1.165) is 11.1 Å². The third kappa shape index (κ3) is 3.59. The molecule has 1 aromatic carbocycles. The minimum Gasteiger partial charge on any atom is -0.325 e. The van der Waals surface area contributed by atoms with Crippen molar-refractivity contribution in [3.8, 4) is 11.3 Å². The van der Waals surface area contributed by atoms with Crippen molar-refractivity contribution in [2.24, 2.45) is 11.3 Å². The molecule has 4 N–H and O–H groups in total. The van der Waals surface area contributed by atoms with E-state index in [-0.39, 0.29) is 5.91 Å². The van der Waals surface area contributed by atoms with Gasteiger partial charge in [0.15, 0.2) is 5.82 Å². The van der Waals surface area contributed by atoms with Gasteiger partial charge in [0, 0.05) is 11.0 Å². The molecule has 0 saturated heterocycles. The van der Waals surface area contributed by atoms with Crippen LogP contribution >= 0.6 is 0 Å². The zero-order chi connectivity index (χ0) is 16.3. The Bertz CT molecular complexity index is 674. The van der Waals surface area contributed by atoms with Gasteiger partial charge in [-0.15, -0.1) is 10.2 Å². The first kappa shape index (κ1) is 15.9. The molecule has 0 atom stereocenters. The van der Waals surface area contributed by atoms with Crippen LogP contribution in [0.1, 0.15) is 26.3 Å². The highest BCUT2D eigenvalue weighted by Crippen LogP contribution is 2.29. The summed E-state index contributed by atoms with van der Waals surface area (Å²) in [7, 11) is 0. The zero-order valence-corrected chi connectivity index (χ0v) is 13.3. The number of anilines is 2. The molecule has 0 aliphatic carbocycles. The number of rotatable bonds is 3. The number of hydrogen-bond acceptors (Lipinski definition) is 5. The molecule has 0 saturated carbocycles. The van der Waals surface area contributed by atoms with Crippen molar-refractivity contribution in [2.45, 2.75) is 27.7 Å². The molecule has 0 radical (unpaired) electrons. The van der Waals surface area contributed by atoms with Gasteiger partial charge in [0.25, 0.3) is 0 Å². The Morgan fingerprint density at radius 1 is 1.14 bits per heavy atom. The number of hydrogen-bond donors (Lipinski definition) is 3. The first-order valence-corrected chi connectivity index (χ1v) is 7.04. The second-order valence-electron chi connectivity index (χ2n) is 6.20. The second-order valence-corrected chi connectivity index (χ2v) is 6.20. The first-order chi connectivity index (χ1) is 10.3. The Morgan fingerprint density at radius 3 is 2.41 bits per heavy atom. The molecule has 1 heterocycles. The summed E-state index contributed by atoms with van der Waals surface area (Å²) in [6, 6.07) is 9.34. The van der Waals surface area contributed by atoms with Crippen LogP contribution in [0, 0.1) is 12.3 Å². The van der Waals surface area contributed by atoms with Crippen molar-refractivity contribution >= 4 is 17.4 Å². The molecule has 22 heavy (non-hydrogen) atoms. The quantitative estimate of drug-likeness (QED) is 0.598. The molecule has 2 aromatic rings. The highest BCUT2D eigenvalue weighted by molar-refractivity contribution is 5.98. The minimum absolute atomic E-state index is 0.0502. The maximum Gasteiger partial charge on any atom is 0.229 e. The van der Waals surface area contributed by atoms with Gasteiger partial charge in [0.1, 0.15) is 0 Å². The molecule has 0 spiro atoms. The van der Waals surface area contributed by atoms with Crippen LogP contribution in [0.3, 0.4) is 0 Å². The number of aromatic nitrogens is 2. The van der Waals surface area contributed by atoms with E-state index >= 15 is 0 Å². The SMILES string of the molecule is Cc1ccc(NC(=O)C(C)(C)C)c(-c2ccc(NN)nn2)c1. The second kappa shape index (κ2) is 6.11. The molecule has 0 bridgehead atoms. The highest BCUT2D eigenvalue weighted by Gasteiger charge is 2.22. The molecule has 6 heteroatoms. The van der Waals surface area contributed by atoms with E-state index < -0.39 is 5.41 Å². The average molecular weight is 299 g/mol. The number of nitrogen functional groups attached to an aromatic ring is 1. The fraction of sp³-hybridized carbons (Fsp3) is 0.312. The molecule has 1 aromatic heterocycles. The smallest absolute Gasteiger partial charge is 0.229 e. The van der Waals surface area contributed by atoms with E-state index in [1.807, 2.05) is 52.0 Å². The third-order valence-electron chi connectivity index (χ3n) is 3.19. The Labute approximate surface area is 130 Å². The molecule has 116 valence electrons. The van der Waals surface area contributed by atoms with E-state index in [2.05, 4.69) is 20.9 Å². The number of nitrogens with one attached hydrogen (secondary N) is 2.